The van der Waals surface area contributed by atoms with E-state index in [1.54, 1.807) is 0 Å². The fourth-order valence-electron chi connectivity index (χ4n) is 2.04. The lowest BCUT2D eigenvalue weighted by Crippen LogP contribution is -2.17. The van der Waals surface area contributed by atoms with E-state index in [9.17, 15) is 0 Å². The van der Waals surface area contributed by atoms with E-state index < -0.39 is 0 Å². The molecule has 0 radical (unpaired) electrons. The molecule has 1 rings (SSSR count). The van der Waals surface area contributed by atoms with Gasteiger partial charge >= 0.3 is 0 Å². The van der Waals surface area contributed by atoms with Gasteiger partial charge in [0.15, 0.2) is 0 Å². The number of aromatic nitrogens is 2. The van der Waals surface area contributed by atoms with Crippen LogP contribution >= 0.6 is 0 Å². The van der Waals surface area contributed by atoms with Crippen molar-refractivity contribution in [3.05, 3.63) is 11.8 Å². The van der Waals surface area contributed by atoms with Crippen molar-refractivity contribution in [1.82, 2.24) is 15.5 Å². The normalized spacial score (nSPS) is 11.1. The predicted molar refractivity (Wildman–Crippen MR) is 78.2 cm³/mol. The van der Waals surface area contributed by atoms with E-state index >= 15 is 0 Å². The highest BCUT2D eigenvalue weighted by Gasteiger charge is 2.05. The average Bonchev–Trinajstić information content (AvgIpc) is 2.87. The fraction of sp³-hybridized carbons (Fsp3) is 0.867. The van der Waals surface area contributed by atoms with Gasteiger partial charge in [-0.15, -0.1) is 10.2 Å². The minimum absolute atomic E-state index is 0.768. The summed E-state index contributed by atoms with van der Waals surface area (Å²) in [5.74, 6) is 1.57. The zero-order valence-electron chi connectivity index (χ0n) is 12.6. The molecular weight excluding hydrogens is 238 g/mol. The van der Waals surface area contributed by atoms with Gasteiger partial charge in [-0.05, 0) is 19.4 Å². The molecule has 1 aromatic heterocycles. The van der Waals surface area contributed by atoms with Gasteiger partial charge in [0.25, 0.3) is 0 Å². The third-order valence-electron chi connectivity index (χ3n) is 3.20. The summed E-state index contributed by atoms with van der Waals surface area (Å²) in [4.78, 5) is 0. The molecule has 1 aromatic rings. The van der Waals surface area contributed by atoms with Gasteiger partial charge in [0, 0.05) is 19.4 Å². The van der Waals surface area contributed by atoms with Crippen LogP contribution in [0.25, 0.3) is 0 Å². The summed E-state index contributed by atoms with van der Waals surface area (Å²) >= 11 is 0. The quantitative estimate of drug-likeness (QED) is 0.589. The number of hydrogen-bond acceptors (Lipinski definition) is 4. The zero-order valence-corrected chi connectivity index (χ0v) is 12.6. The third kappa shape index (κ3) is 7.98. The summed E-state index contributed by atoms with van der Waals surface area (Å²) in [5.41, 5.74) is 0. The van der Waals surface area contributed by atoms with E-state index in [0.717, 1.165) is 44.1 Å². The Morgan fingerprint density at radius 2 is 1.47 bits per heavy atom. The maximum atomic E-state index is 5.63. The molecule has 0 spiro atoms. The maximum absolute atomic E-state index is 5.63. The molecular formula is C15H29N3O. The molecule has 1 heterocycles. The van der Waals surface area contributed by atoms with E-state index in [1.165, 1.54) is 38.5 Å². The first-order valence-corrected chi connectivity index (χ1v) is 7.88. The highest BCUT2D eigenvalue weighted by Crippen LogP contribution is 2.09. The molecule has 0 bridgehead atoms. The Balaban J connectivity index is 2.06. The van der Waals surface area contributed by atoms with Gasteiger partial charge in [0.05, 0.1) is 0 Å². The van der Waals surface area contributed by atoms with E-state index in [-0.39, 0.29) is 0 Å². The second kappa shape index (κ2) is 11.0. The van der Waals surface area contributed by atoms with Crippen LogP contribution in [0, 0.1) is 0 Å². The molecule has 4 heteroatoms. The van der Waals surface area contributed by atoms with E-state index in [1.807, 2.05) is 0 Å². The van der Waals surface area contributed by atoms with Gasteiger partial charge in [-0.25, -0.2) is 0 Å². The Bertz CT molecular complexity index is 312. The molecule has 0 saturated carbocycles. The van der Waals surface area contributed by atoms with Crippen molar-refractivity contribution < 1.29 is 4.42 Å². The van der Waals surface area contributed by atoms with Crippen LogP contribution in [0.3, 0.4) is 0 Å². The van der Waals surface area contributed by atoms with Crippen LogP contribution in [0.15, 0.2) is 4.42 Å². The number of aryl methyl sites for hydroxylation is 1. The van der Waals surface area contributed by atoms with Gasteiger partial charge in [-0.3, -0.25) is 0 Å². The Hall–Kier alpha value is -0.900. The average molecular weight is 267 g/mol. The van der Waals surface area contributed by atoms with Crippen molar-refractivity contribution in [3.8, 4) is 0 Å². The van der Waals surface area contributed by atoms with E-state index in [2.05, 4.69) is 29.4 Å². The Morgan fingerprint density at radius 1 is 0.789 bits per heavy atom. The molecule has 0 unspecified atom stereocenters. The van der Waals surface area contributed by atoms with Crippen molar-refractivity contribution >= 4 is 0 Å². The molecule has 4 nitrogen and oxygen atoms in total. The number of rotatable bonds is 12. The van der Waals surface area contributed by atoms with Gasteiger partial charge in [-0.2, -0.15) is 0 Å². The molecule has 110 valence electrons. The molecule has 0 aliphatic heterocycles. The van der Waals surface area contributed by atoms with Crippen LogP contribution in [0.2, 0.25) is 0 Å². The predicted octanol–water partition coefficient (Wildman–Crippen LogP) is 3.51. The molecule has 19 heavy (non-hydrogen) atoms. The van der Waals surface area contributed by atoms with Crippen LogP contribution < -0.4 is 5.32 Å². The highest BCUT2D eigenvalue weighted by molar-refractivity contribution is 4.82. The van der Waals surface area contributed by atoms with E-state index in [4.69, 9.17) is 4.42 Å². The Labute approximate surface area is 117 Å². The molecule has 0 aromatic carbocycles. The van der Waals surface area contributed by atoms with Gasteiger partial charge in [0.1, 0.15) is 0 Å². The Kier molecular flexibility index (Phi) is 9.33. The van der Waals surface area contributed by atoms with Gasteiger partial charge < -0.3 is 9.73 Å². The lowest BCUT2D eigenvalue weighted by molar-refractivity contribution is 0.435. The van der Waals surface area contributed by atoms with Crippen molar-refractivity contribution in [1.29, 1.82) is 0 Å². The SMILES string of the molecule is CCCCCCCCc1nnc(CCNCCC)o1. The summed E-state index contributed by atoms with van der Waals surface area (Å²) in [5, 5.41) is 11.5. The van der Waals surface area contributed by atoms with Crippen molar-refractivity contribution in [3.63, 3.8) is 0 Å². The molecule has 0 amide bonds. The van der Waals surface area contributed by atoms with Gasteiger partial charge in [-0.1, -0.05) is 46.0 Å². The molecule has 0 aliphatic carbocycles. The van der Waals surface area contributed by atoms with Crippen LogP contribution in [0.5, 0.6) is 0 Å². The Morgan fingerprint density at radius 3 is 2.21 bits per heavy atom. The minimum Gasteiger partial charge on any atom is -0.425 e. The first-order chi connectivity index (χ1) is 9.36. The van der Waals surface area contributed by atoms with Crippen molar-refractivity contribution in [2.24, 2.45) is 0 Å². The van der Waals surface area contributed by atoms with Crippen LogP contribution in [-0.4, -0.2) is 23.3 Å². The zero-order chi connectivity index (χ0) is 13.8. The van der Waals surface area contributed by atoms with Crippen LogP contribution in [-0.2, 0) is 12.8 Å². The smallest absolute Gasteiger partial charge is 0.217 e. The maximum Gasteiger partial charge on any atom is 0.217 e. The topological polar surface area (TPSA) is 51.0 Å². The largest absolute Gasteiger partial charge is 0.425 e. The third-order valence-corrected chi connectivity index (χ3v) is 3.20. The summed E-state index contributed by atoms with van der Waals surface area (Å²) in [7, 11) is 0. The summed E-state index contributed by atoms with van der Waals surface area (Å²) in [6, 6.07) is 0. The number of nitrogens with one attached hydrogen (secondary N) is 1. The van der Waals surface area contributed by atoms with Crippen molar-refractivity contribution in [2.45, 2.75) is 71.6 Å². The van der Waals surface area contributed by atoms with E-state index in [0.29, 0.717) is 0 Å². The number of nitrogens with zero attached hydrogens (tertiary/aromatic N) is 2. The second-order valence-electron chi connectivity index (χ2n) is 5.11. The number of unbranched alkanes of at least 4 members (excludes halogenated alkanes) is 5. The molecule has 0 fully saturated rings. The standard InChI is InChI=1S/C15H29N3O/c1-3-5-6-7-8-9-10-14-17-18-15(19-14)11-13-16-12-4-2/h16H,3-13H2,1-2H3. The molecule has 0 aliphatic rings. The molecule has 0 saturated heterocycles. The second-order valence-corrected chi connectivity index (χ2v) is 5.11. The fourth-order valence-corrected chi connectivity index (χ4v) is 2.04. The lowest BCUT2D eigenvalue weighted by Gasteiger charge is -1.99. The number of hydrogen-bond donors (Lipinski definition) is 1. The monoisotopic (exact) mass is 267 g/mol. The first kappa shape index (κ1) is 16.2. The van der Waals surface area contributed by atoms with Crippen molar-refractivity contribution in [2.75, 3.05) is 13.1 Å². The summed E-state index contributed by atoms with van der Waals surface area (Å²) in [6.45, 7) is 6.39. The van der Waals surface area contributed by atoms with Gasteiger partial charge in [0.2, 0.25) is 11.8 Å². The minimum atomic E-state index is 0.768. The summed E-state index contributed by atoms with van der Waals surface area (Å²) in [6.07, 6.45) is 10.7. The summed E-state index contributed by atoms with van der Waals surface area (Å²) < 4.78 is 5.63. The van der Waals surface area contributed by atoms with Crippen LogP contribution in [0.1, 0.15) is 70.6 Å². The van der Waals surface area contributed by atoms with Crippen LogP contribution in [0.4, 0.5) is 0 Å². The lowest BCUT2D eigenvalue weighted by atomic mass is 10.1. The molecule has 0 atom stereocenters. The first-order valence-electron chi connectivity index (χ1n) is 7.88. The molecule has 1 N–H and O–H groups in total. The highest BCUT2D eigenvalue weighted by atomic mass is 16.4.